The van der Waals surface area contributed by atoms with Gasteiger partial charge in [0.05, 0.1) is 35.1 Å². The van der Waals surface area contributed by atoms with Gasteiger partial charge in [0.2, 0.25) is 10.0 Å². The van der Waals surface area contributed by atoms with E-state index in [1.807, 2.05) is 30.3 Å². The number of fused-ring (bicyclic) bond motifs is 2. The van der Waals surface area contributed by atoms with Crippen molar-refractivity contribution < 1.29 is 13.2 Å². The molecule has 0 aliphatic carbocycles. The van der Waals surface area contributed by atoms with E-state index in [-0.39, 0.29) is 10.8 Å². The summed E-state index contributed by atoms with van der Waals surface area (Å²) in [6, 6.07) is 16.0. The Bertz CT molecular complexity index is 1500. The molecule has 30 heavy (non-hydrogen) atoms. The second-order valence-electron chi connectivity index (χ2n) is 6.30. The number of benzene rings is 2. The van der Waals surface area contributed by atoms with Crippen LogP contribution >= 0.6 is 34.0 Å². The number of thiazole rings is 2. The quantitative estimate of drug-likeness (QED) is 0.399. The second kappa shape index (κ2) is 7.22. The number of hydrogen-bond acceptors (Lipinski definition) is 8. The van der Waals surface area contributed by atoms with Gasteiger partial charge in [-0.15, -0.1) is 22.7 Å². The predicted octanol–water partition coefficient (Wildman–Crippen LogP) is 4.53. The highest BCUT2D eigenvalue weighted by Crippen LogP contribution is 2.35. The first-order valence-corrected chi connectivity index (χ1v) is 12.6. The number of rotatable bonds is 4. The number of nitrogens with two attached hydrogens (primary N) is 1. The number of thiophene rings is 1. The summed E-state index contributed by atoms with van der Waals surface area (Å²) in [5.74, 6) is -0.280. The van der Waals surface area contributed by atoms with Gasteiger partial charge in [-0.25, -0.2) is 23.5 Å². The molecular formula is C19H12N4O3S4. The van der Waals surface area contributed by atoms with Gasteiger partial charge in [0.15, 0.2) is 5.13 Å². The van der Waals surface area contributed by atoms with E-state index in [2.05, 4.69) is 15.3 Å². The number of primary sulfonamides is 1. The molecule has 150 valence electrons. The van der Waals surface area contributed by atoms with Gasteiger partial charge in [-0.05, 0) is 42.5 Å². The summed E-state index contributed by atoms with van der Waals surface area (Å²) in [6.45, 7) is 0. The number of hydrogen-bond donors (Lipinski definition) is 2. The lowest BCUT2D eigenvalue weighted by atomic mass is 10.3. The van der Waals surface area contributed by atoms with Crippen molar-refractivity contribution >= 4 is 75.5 Å². The Labute approximate surface area is 182 Å². The van der Waals surface area contributed by atoms with Crippen LogP contribution in [0.1, 0.15) is 9.67 Å². The molecule has 2 aromatic carbocycles. The van der Waals surface area contributed by atoms with Crippen LogP contribution in [-0.2, 0) is 10.0 Å². The fourth-order valence-electron chi connectivity index (χ4n) is 2.85. The molecule has 0 saturated carbocycles. The molecule has 0 atom stereocenters. The molecule has 0 bridgehead atoms. The van der Waals surface area contributed by atoms with Crippen LogP contribution in [0.3, 0.4) is 0 Å². The monoisotopic (exact) mass is 472 g/mol. The van der Waals surface area contributed by atoms with E-state index in [1.165, 1.54) is 34.8 Å². The Morgan fingerprint density at radius 2 is 1.70 bits per heavy atom. The van der Waals surface area contributed by atoms with Crippen LogP contribution in [0.25, 0.3) is 30.3 Å². The van der Waals surface area contributed by atoms with Crippen molar-refractivity contribution in [2.75, 3.05) is 5.32 Å². The van der Waals surface area contributed by atoms with E-state index in [0.717, 1.165) is 20.1 Å². The van der Waals surface area contributed by atoms with Gasteiger partial charge in [0.25, 0.3) is 5.91 Å². The topological polar surface area (TPSA) is 115 Å². The van der Waals surface area contributed by atoms with Gasteiger partial charge in [0, 0.05) is 0 Å². The van der Waals surface area contributed by atoms with E-state index >= 15 is 0 Å². The largest absolute Gasteiger partial charge is 0.297 e. The molecule has 0 unspecified atom stereocenters. The number of carbonyl (C=O) groups excluding carboxylic acids is 1. The van der Waals surface area contributed by atoms with E-state index in [1.54, 1.807) is 23.5 Å². The Hall–Kier alpha value is -2.70. The molecule has 5 rings (SSSR count). The summed E-state index contributed by atoms with van der Waals surface area (Å²) in [5.41, 5.74) is 1.52. The molecule has 0 spiro atoms. The Morgan fingerprint density at radius 1 is 0.900 bits per heavy atom. The lowest BCUT2D eigenvalue weighted by Crippen LogP contribution is -2.11. The van der Waals surface area contributed by atoms with Gasteiger partial charge in [-0.1, -0.05) is 23.5 Å². The number of aromatic nitrogens is 2. The number of para-hydroxylation sites is 1. The fourth-order valence-corrected chi connectivity index (χ4v) is 6.28. The van der Waals surface area contributed by atoms with E-state index in [0.29, 0.717) is 20.2 Å². The van der Waals surface area contributed by atoms with Crippen LogP contribution in [0, 0.1) is 0 Å². The highest BCUT2D eigenvalue weighted by Gasteiger charge is 2.16. The second-order valence-corrected chi connectivity index (χ2v) is 11.0. The summed E-state index contributed by atoms with van der Waals surface area (Å²) in [5, 5.41) is 9.21. The number of nitrogens with one attached hydrogen (secondary N) is 1. The van der Waals surface area contributed by atoms with Crippen LogP contribution < -0.4 is 10.5 Å². The first kappa shape index (κ1) is 19.3. The van der Waals surface area contributed by atoms with Gasteiger partial charge in [-0.2, -0.15) is 0 Å². The summed E-state index contributed by atoms with van der Waals surface area (Å²) >= 11 is 4.13. The third-order valence-electron chi connectivity index (χ3n) is 4.24. The number of nitrogens with zero attached hydrogens (tertiary/aromatic N) is 2. The van der Waals surface area contributed by atoms with Crippen LogP contribution in [0.5, 0.6) is 0 Å². The molecule has 7 nitrogen and oxygen atoms in total. The third kappa shape index (κ3) is 3.61. The molecule has 3 aromatic heterocycles. The number of sulfonamides is 1. The fraction of sp³-hybridized carbons (Fsp3) is 0. The summed E-state index contributed by atoms with van der Waals surface area (Å²) in [4.78, 5) is 23.1. The molecular weight excluding hydrogens is 461 g/mol. The van der Waals surface area contributed by atoms with Crippen molar-refractivity contribution in [1.29, 1.82) is 0 Å². The standard InChI is InChI=1S/C19H12N4O3S4/c20-30(25,26)10-5-6-12-16(9-10)29-19(22-12)23-17(24)14-7-8-15(27-14)18-21-11-3-1-2-4-13(11)28-18/h1-9H,(H2,20,25,26)(H,22,23,24). The third-order valence-corrected chi connectivity index (χ3v) is 8.38. The van der Waals surface area contributed by atoms with Crippen molar-refractivity contribution in [1.82, 2.24) is 9.97 Å². The minimum Gasteiger partial charge on any atom is -0.297 e. The molecule has 5 aromatic rings. The molecule has 3 N–H and O–H groups in total. The molecule has 3 heterocycles. The Kier molecular flexibility index (Phi) is 4.64. The van der Waals surface area contributed by atoms with Gasteiger partial charge < -0.3 is 0 Å². The molecule has 0 saturated heterocycles. The molecule has 0 radical (unpaired) electrons. The molecule has 1 amide bonds. The summed E-state index contributed by atoms with van der Waals surface area (Å²) in [7, 11) is -3.80. The first-order chi connectivity index (χ1) is 14.4. The highest BCUT2D eigenvalue weighted by atomic mass is 32.2. The van der Waals surface area contributed by atoms with Crippen molar-refractivity contribution in [2.45, 2.75) is 4.90 Å². The van der Waals surface area contributed by atoms with Crippen LogP contribution in [0.4, 0.5) is 5.13 Å². The lowest BCUT2D eigenvalue weighted by Gasteiger charge is -1.97. The van der Waals surface area contributed by atoms with E-state index in [9.17, 15) is 13.2 Å². The van der Waals surface area contributed by atoms with Crippen molar-refractivity contribution in [3.05, 3.63) is 59.5 Å². The molecule has 0 aliphatic rings. The Balaban J connectivity index is 1.39. The smallest absolute Gasteiger partial charge is 0.267 e. The van der Waals surface area contributed by atoms with Crippen molar-refractivity contribution in [2.24, 2.45) is 5.14 Å². The van der Waals surface area contributed by atoms with Gasteiger partial charge >= 0.3 is 0 Å². The first-order valence-electron chi connectivity index (χ1n) is 8.57. The minimum atomic E-state index is -3.80. The lowest BCUT2D eigenvalue weighted by molar-refractivity contribution is 0.103. The SMILES string of the molecule is NS(=O)(=O)c1ccc2nc(NC(=O)c3ccc(-c4nc5ccccc5s4)s3)sc2c1. The molecule has 0 aliphatic heterocycles. The zero-order valence-corrected chi connectivity index (χ0v) is 18.3. The normalized spacial score (nSPS) is 11.9. The van der Waals surface area contributed by atoms with Crippen LogP contribution in [0.2, 0.25) is 0 Å². The van der Waals surface area contributed by atoms with Gasteiger partial charge in [-0.3, -0.25) is 10.1 Å². The van der Waals surface area contributed by atoms with Crippen LogP contribution in [0.15, 0.2) is 59.5 Å². The maximum atomic E-state index is 12.7. The predicted molar refractivity (Wildman–Crippen MR) is 122 cm³/mol. The van der Waals surface area contributed by atoms with E-state index < -0.39 is 10.0 Å². The maximum absolute atomic E-state index is 12.7. The maximum Gasteiger partial charge on any atom is 0.267 e. The average molecular weight is 473 g/mol. The zero-order chi connectivity index (χ0) is 20.9. The number of amides is 1. The number of anilines is 1. The van der Waals surface area contributed by atoms with Gasteiger partial charge in [0.1, 0.15) is 5.01 Å². The number of carbonyl (C=O) groups is 1. The molecule has 0 fully saturated rings. The average Bonchev–Trinajstić information content (AvgIpc) is 3.43. The Morgan fingerprint density at radius 3 is 2.50 bits per heavy atom. The van der Waals surface area contributed by atoms with E-state index in [4.69, 9.17) is 5.14 Å². The summed E-state index contributed by atoms with van der Waals surface area (Å²) < 4.78 is 24.7. The molecule has 11 heteroatoms. The minimum absolute atomic E-state index is 0.00950. The van der Waals surface area contributed by atoms with Crippen molar-refractivity contribution in [3.8, 4) is 9.88 Å². The highest BCUT2D eigenvalue weighted by molar-refractivity contribution is 7.89. The zero-order valence-electron chi connectivity index (χ0n) is 15.0. The summed E-state index contributed by atoms with van der Waals surface area (Å²) in [6.07, 6.45) is 0. The van der Waals surface area contributed by atoms with Crippen LogP contribution in [-0.4, -0.2) is 24.3 Å². The van der Waals surface area contributed by atoms with Crippen molar-refractivity contribution in [3.63, 3.8) is 0 Å².